The lowest BCUT2D eigenvalue weighted by molar-refractivity contribution is 0.0430. The third kappa shape index (κ3) is 3.20. The molecule has 144 valence electrons. The van der Waals surface area contributed by atoms with Gasteiger partial charge in [-0.1, -0.05) is 19.4 Å². The van der Waals surface area contributed by atoms with Crippen molar-refractivity contribution in [3.05, 3.63) is 41.6 Å². The Kier molecular flexibility index (Phi) is 4.86. The summed E-state index contributed by atoms with van der Waals surface area (Å²) in [5, 5.41) is 9.21. The van der Waals surface area contributed by atoms with Crippen molar-refractivity contribution in [2.45, 2.75) is 44.6 Å². The summed E-state index contributed by atoms with van der Waals surface area (Å²) in [7, 11) is 0. The van der Waals surface area contributed by atoms with Crippen LogP contribution in [0.2, 0.25) is 0 Å². The normalized spacial score (nSPS) is 19.2. The van der Waals surface area contributed by atoms with E-state index in [1.165, 1.54) is 24.2 Å². The second kappa shape index (κ2) is 7.31. The van der Waals surface area contributed by atoms with E-state index in [4.69, 9.17) is 4.98 Å². The van der Waals surface area contributed by atoms with E-state index < -0.39 is 5.97 Å². The number of carbonyl (C=O) groups is 1. The number of hydrogen-bond donors (Lipinski definition) is 2. The molecule has 7 nitrogen and oxygen atoms in total. The summed E-state index contributed by atoms with van der Waals surface area (Å²) in [6.45, 7) is 6.12. The van der Waals surface area contributed by atoms with Crippen LogP contribution in [0.5, 0.6) is 0 Å². The standard InChI is InChI=1S/C20H27N5O2/c1-2-3-10-25-11-7-15-18(22-14-21-15)20(25)8-12-24(13-9-20)17-6-4-5-16(23-17)19(26)27/h4-6,14H,2-3,7-13H2,1H3,(H,21,22)(H,26,27). The van der Waals surface area contributed by atoms with E-state index in [2.05, 4.69) is 26.7 Å². The second-order valence-corrected chi connectivity index (χ2v) is 7.53. The van der Waals surface area contributed by atoms with Crippen LogP contribution in [0.1, 0.15) is 54.5 Å². The van der Waals surface area contributed by atoms with Gasteiger partial charge in [-0.05, 0) is 37.9 Å². The minimum absolute atomic E-state index is 0.0103. The summed E-state index contributed by atoms with van der Waals surface area (Å²) in [6.07, 6.45) is 7.22. The lowest BCUT2D eigenvalue weighted by atomic mass is 9.78. The average Bonchev–Trinajstić information content (AvgIpc) is 3.18. The van der Waals surface area contributed by atoms with Crippen molar-refractivity contribution in [1.82, 2.24) is 19.9 Å². The number of nitrogens with zero attached hydrogens (tertiary/aromatic N) is 4. The van der Waals surface area contributed by atoms with Crippen molar-refractivity contribution in [3.8, 4) is 0 Å². The highest BCUT2D eigenvalue weighted by atomic mass is 16.4. The number of unbranched alkanes of at least 4 members (excludes halogenated alkanes) is 1. The van der Waals surface area contributed by atoms with Crippen molar-refractivity contribution in [2.75, 3.05) is 31.1 Å². The molecule has 1 spiro atoms. The molecule has 1 saturated heterocycles. The number of rotatable bonds is 5. The molecule has 2 aliphatic heterocycles. The largest absolute Gasteiger partial charge is 0.477 e. The maximum Gasteiger partial charge on any atom is 0.354 e. The SMILES string of the molecule is CCCCN1CCc2[nH]cnc2C12CCN(c1cccc(C(=O)O)n1)CC2. The molecule has 4 rings (SSSR count). The van der Waals surface area contributed by atoms with E-state index >= 15 is 0 Å². The first kappa shape index (κ1) is 18.0. The van der Waals surface area contributed by atoms with Crippen LogP contribution < -0.4 is 4.90 Å². The number of aromatic amines is 1. The molecule has 4 heterocycles. The van der Waals surface area contributed by atoms with Gasteiger partial charge >= 0.3 is 5.97 Å². The first-order valence-corrected chi connectivity index (χ1v) is 9.87. The molecule has 7 heteroatoms. The average molecular weight is 369 g/mol. The molecular formula is C20H27N5O2. The molecule has 0 radical (unpaired) electrons. The Morgan fingerprint density at radius 3 is 2.85 bits per heavy atom. The molecule has 2 N–H and O–H groups in total. The molecule has 0 aromatic carbocycles. The van der Waals surface area contributed by atoms with Crippen molar-refractivity contribution < 1.29 is 9.90 Å². The monoisotopic (exact) mass is 369 g/mol. The molecule has 1 fully saturated rings. The molecule has 0 aliphatic carbocycles. The Morgan fingerprint density at radius 2 is 2.11 bits per heavy atom. The summed E-state index contributed by atoms with van der Waals surface area (Å²) < 4.78 is 0. The summed E-state index contributed by atoms with van der Waals surface area (Å²) in [6, 6.07) is 5.22. The third-order valence-electron chi connectivity index (χ3n) is 6.05. The molecule has 2 aromatic heterocycles. The summed E-state index contributed by atoms with van der Waals surface area (Å²) in [5.74, 6) is -0.229. The van der Waals surface area contributed by atoms with Gasteiger partial charge < -0.3 is 15.0 Å². The first-order chi connectivity index (χ1) is 13.1. The van der Waals surface area contributed by atoms with E-state index in [0.717, 1.165) is 51.3 Å². The zero-order chi connectivity index (χ0) is 18.9. The molecule has 0 saturated carbocycles. The number of piperidine rings is 1. The number of aromatic carboxylic acids is 1. The Bertz CT molecular complexity index is 810. The van der Waals surface area contributed by atoms with Gasteiger partial charge in [-0.15, -0.1) is 0 Å². The van der Waals surface area contributed by atoms with Crippen LogP contribution in [0, 0.1) is 0 Å². The van der Waals surface area contributed by atoms with Gasteiger partial charge in [0.25, 0.3) is 0 Å². The molecule has 2 aromatic rings. The quantitative estimate of drug-likeness (QED) is 0.843. The molecule has 0 bridgehead atoms. The minimum atomic E-state index is -0.982. The van der Waals surface area contributed by atoms with Crippen LogP contribution in [0.15, 0.2) is 24.5 Å². The fraction of sp³-hybridized carbons (Fsp3) is 0.550. The van der Waals surface area contributed by atoms with Gasteiger partial charge in [-0.25, -0.2) is 14.8 Å². The number of carboxylic acids is 1. The van der Waals surface area contributed by atoms with Crippen LogP contribution in [0.25, 0.3) is 0 Å². The van der Waals surface area contributed by atoms with E-state index in [1.807, 2.05) is 12.4 Å². The highest BCUT2D eigenvalue weighted by molar-refractivity contribution is 5.85. The van der Waals surface area contributed by atoms with Gasteiger partial charge in [0.05, 0.1) is 17.6 Å². The van der Waals surface area contributed by atoms with Crippen molar-refractivity contribution in [2.24, 2.45) is 0 Å². The van der Waals surface area contributed by atoms with Crippen molar-refractivity contribution in [1.29, 1.82) is 0 Å². The predicted molar refractivity (Wildman–Crippen MR) is 103 cm³/mol. The number of aromatic nitrogens is 3. The molecule has 0 atom stereocenters. The summed E-state index contributed by atoms with van der Waals surface area (Å²) >= 11 is 0. The van der Waals surface area contributed by atoms with Gasteiger partial charge in [0.1, 0.15) is 5.82 Å². The van der Waals surface area contributed by atoms with Crippen molar-refractivity contribution in [3.63, 3.8) is 0 Å². The van der Waals surface area contributed by atoms with Gasteiger partial charge in [0, 0.05) is 31.7 Å². The molecule has 27 heavy (non-hydrogen) atoms. The lowest BCUT2D eigenvalue weighted by Crippen LogP contribution is -2.56. The van der Waals surface area contributed by atoms with Crippen molar-refractivity contribution >= 4 is 11.8 Å². The number of carboxylic acid groups (broad SMARTS) is 1. The number of nitrogens with one attached hydrogen (secondary N) is 1. The summed E-state index contributed by atoms with van der Waals surface area (Å²) in [5.41, 5.74) is 2.59. The lowest BCUT2D eigenvalue weighted by Gasteiger charge is -2.51. The second-order valence-electron chi connectivity index (χ2n) is 7.53. The molecule has 0 amide bonds. The van der Waals surface area contributed by atoms with Crippen LogP contribution >= 0.6 is 0 Å². The highest BCUT2D eigenvalue weighted by Crippen LogP contribution is 2.42. The molecular weight excluding hydrogens is 342 g/mol. The number of imidazole rings is 1. The number of hydrogen-bond acceptors (Lipinski definition) is 5. The zero-order valence-electron chi connectivity index (χ0n) is 15.8. The van der Waals surface area contributed by atoms with Gasteiger partial charge in [0.15, 0.2) is 5.69 Å². The van der Waals surface area contributed by atoms with Crippen LogP contribution in [-0.4, -0.2) is 57.1 Å². The number of pyridine rings is 1. The molecule has 2 aliphatic rings. The van der Waals surface area contributed by atoms with Gasteiger partial charge in [0.2, 0.25) is 0 Å². The Balaban J connectivity index is 1.57. The fourth-order valence-corrected chi connectivity index (χ4v) is 4.58. The minimum Gasteiger partial charge on any atom is -0.477 e. The number of anilines is 1. The van der Waals surface area contributed by atoms with E-state index in [9.17, 15) is 9.90 Å². The number of H-pyrrole nitrogens is 1. The number of fused-ring (bicyclic) bond motifs is 2. The maximum absolute atomic E-state index is 11.2. The van der Waals surface area contributed by atoms with E-state index in [1.54, 1.807) is 12.1 Å². The van der Waals surface area contributed by atoms with E-state index in [-0.39, 0.29) is 11.2 Å². The fourth-order valence-electron chi connectivity index (χ4n) is 4.58. The Labute approximate surface area is 159 Å². The summed E-state index contributed by atoms with van der Waals surface area (Å²) in [4.78, 5) is 28.5. The zero-order valence-corrected chi connectivity index (χ0v) is 15.8. The topological polar surface area (TPSA) is 85.4 Å². The van der Waals surface area contributed by atoms with Crippen LogP contribution in [0.4, 0.5) is 5.82 Å². The Morgan fingerprint density at radius 1 is 1.30 bits per heavy atom. The van der Waals surface area contributed by atoms with Crippen LogP contribution in [0.3, 0.4) is 0 Å². The van der Waals surface area contributed by atoms with Gasteiger partial charge in [-0.3, -0.25) is 4.90 Å². The van der Waals surface area contributed by atoms with E-state index in [0.29, 0.717) is 0 Å². The third-order valence-corrected chi connectivity index (χ3v) is 6.05. The predicted octanol–water partition coefficient (Wildman–Crippen LogP) is 2.66. The van der Waals surface area contributed by atoms with Gasteiger partial charge in [-0.2, -0.15) is 0 Å². The highest BCUT2D eigenvalue weighted by Gasteiger charge is 2.46. The van der Waals surface area contributed by atoms with Crippen LogP contribution in [-0.2, 0) is 12.0 Å². The molecule has 0 unspecified atom stereocenters. The Hall–Kier alpha value is -2.41. The maximum atomic E-state index is 11.2. The first-order valence-electron chi connectivity index (χ1n) is 9.87. The smallest absolute Gasteiger partial charge is 0.354 e.